The van der Waals surface area contributed by atoms with Crippen LogP contribution in [0.1, 0.15) is 18.5 Å². The minimum absolute atomic E-state index is 0.0483. The van der Waals surface area contributed by atoms with Crippen LogP contribution in [0.25, 0.3) is 11.8 Å². The van der Waals surface area contributed by atoms with Crippen LogP contribution in [-0.2, 0) is 9.59 Å². The molecule has 27 heavy (non-hydrogen) atoms. The Hall–Kier alpha value is -2.36. The number of carbonyl (C=O) groups is 2. The van der Waals surface area contributed by atoms with Crippen molar-refractivity contribution in [3.8, 4) is 5.69 Å². The van der Waals surface area contributed by atoms with E-state index >= 15 is 0 Å². The number of carbonyl (C=O) groups excluding carboxylic acids is 1. The number of aliphatic carboxylic acids is 1. The highest BCUT2D eigenvalue weighted by Crippen LogP contribution is 2.33. The molecule has 7 nitrogen and oxygen atoms in total. The summed E-state index contributed by atoms with van der Waals surface area (Å²) in [6, 6.07) is 8.90. The largest absolute Gasteiger partial charge is 0.481 e. The number of hydrogen-bond acceptors (Lipinski definition) is 5. The molecule has 3 rings (SSSR count). The van der Waals surface area contributed by atoms with E-state index in [-0.39, 0.29) is 24.0 Å². The maximum absolute atomic E-state index is 12.6. The summed E-state index contributed by atoms with van der Waals surface area (Å²) in [5.74, 6) is -1.26. The highest BCUT2D eigenvalue weighted by atomic mass is 35.5. The van der Waals surface area contributed by atoms with Crippen molar-refractivity contribution in [2.75, 3.05) is 6.54 Å². The van der Waals surface area contributed by atoms with Crippen LogP contribution in [0.15, 0.2) is 40.0 Å². The first-order valence-corrected chi connectivity index (χ1v) is 9.52. The molecule has 0 radical (unpaired) electrons. The lowest BCUT2D eigenvalue weighted by Gasteiger charge is -2.13. The molecule has 0 saturated carbocycles. The van der Waals surface area contributed by atoms with Crippen molar-refractivity contribution in [3.63, 3.8) is 0 Å². The van der Waals surface area contributed by atoms with Gasteiger partial charge in [-0.2, -0.15) is 0 Å². The van der Waals surface area contributed by atoms with Crippen molar-refractivity contribution >= 4 is 57.9 Å². The van der Waals surface area contributed by atoms with E-state index in [1.807, 2.05) is 6.07 Å². The Bertz CT molecular complexity index is 997. The summed E-state index contributed by atoms with van der Waals surface area (Å²) in [5.41, 5.74) is 0.530. The second kappa shape index (κ2) is 8.12. The molecular formula is C17H14ClN3O4S2. The van der Waals surface area contributed by atoms with E-state index in [1.165, 1.54) is 15.5 Å². The number of hydrogen-bond donors (Lipinski definition) is 2. The van der Waals surface area contributed by atoms with E-state index in [4.69, 9.17) is 28.9 Å². The smallest absolute Gasteiger partial charge is 0.331 e. The van der Waals surface area contributed by atoms with Gasteiger partial charge in [-0.25, -0.2) is 4.79 Å². The molecule has 2 aromatic rings. The summed E-state index contributed by atoms with van der Waals surface area (Å²) in [6.45, 7) is 0.223. The van der Waals surface area contributed by atoms with Crippen LogP contribution in [0, 0.1) is 0 Å². The van der Waals surface area contributed by atoms with Gasteiger partial charge in [0.2, 0.25) is 0 Å². The summed E-state index contributed by atoms with van der Waals surface area (Å²) in [6.07, 6.45) is 1.77. The van der Waals surface area contributed by atoms with Gasteiger partial charge in [0, 0.05) is 13.0 Å². The molecule has 1 fully saturated rings. The monoisotopic (exact) mass is 423 g/mol. The zero-order valence-electron chi connectivity index (χ0n) is 13.8. The quantitative estimate of drug-likeness (QED) is 0.548. The Labute approximate surface area is 168 Å². The van der Waals surface area contributed by atoms with Crippen LogP contribution in [0.5, 0.6) is 0 Å². The number of aromatic amines is 1. The molecule has 1 aliphatic heterocycles. The highest BCUT2D eigenvalue weighted by Gasteiger charge is 2.32. The van der Waals surface area contributed by atoms with Gasteiger partial charge in [-0.3, -0.25) is 24.0 Å². The summed E-state index contributed by atoms with van der Waals surface area (Å²) in [4.78, 5) is 39.7. The van der Waals surface area contributed by atoms with E-state index in [9.17, 15) is 14.4 Å². The third-order valence-corrected chi connectivity index (χ3v) is 5.48. The average molecular weight is 424 g/mol. The first-order valence-electron chi connectivity index (χ1n) is 7.91. The number of H-pyrrole nitrogens is 1. The van der Waals surface area contributed by atoms with Gasteiger partial charge in [0.15, 0.2) is 0 Å². The van der Waals surface area contributed by atoms with E-state index in [0.717, 1.165) is 11.8 Å². The molecule has 140 valence electrons. The number of nitrogens with zero attached hydrogens (tertiary/aromatic N) is 2. The van der Waals surface area contributed by atoms with Gasteiger partial charge in [0.1, 0.15) is 9.47 Å². The van der Waals surface area contributed by atoms with Crippen molar-refractivity contribution in [1.82, 2.24) is 14.5 Å². The SMILES string of the molecule is O=C(O)CCCN1C(=O)C(=Cc2c(Cl)[nH]c(=O)n2-c2ccccc2)SC1=S. The Morgan fingerprint density at radius 2 is 2.00 bits per heavy atom. The van der Waals surface area contributed by atoms with Crippen molar-refractivity contribution in [2.45, 2.75) is 12.8 Å². The Balaban J connectivity index is 1.92. The van der Waals surface area contributed by atoms with Gasteiger partial charge in [0.05, 0.1) is 16.3 Å². The van der Waals surface area contributed by atoms with Crippen molar-refractivity contribution in [3.05, 3.63) is 56.6 Å². The van der Waals surface area contributed by atoms with Crippen LogP contribution >= 0.6 is 35.6 Å². The van der Waals surface area contributed by atoms with Gasteiger partial charge in [-0.1, -0.05) is 53.8 Å². The minimum atomic E-state index is -0.929. The van der Waals surface area contributed by atoms with E-state index in [2.05, 4.69) is 4.98 Å². The Morgan fingerprint density at radius 3 is 2.67 bits per heavy atom. The molecule has 1 aromatic heterocycles. The number of thiocarbonyl (C=S) groups is 1. The zero-order valence-corrected chi connectivity index (χ0v) is 16.2. The maximum Gasteiger partial charge on any atom is 0.331 e. The third-order valence-electron chi connectivity index (χ3n) is 3.81. The zero-order chi connectivity index (χ0) is 19.6. The number of aromatic nitrogens is 2. The van der Waals surface area contributed by atoms with Gasteiger partial charge >= 0.3 is 11.7 Å². The number of carboxylic acids is 1. The second-order valence-corrected chi connectivity index (χ2v) is 7.68. The lowest BCUT2D eigenvalue weighted by Crippen LogP contribution is -2.29. The molecule has 2 N–H and O–H groups in total. The van der Waals surface area contributed by atoms with Crippen LogP contribution < -0.4 is 5.69 Å². The van der Waals surface area contributed by atoms with Gasteiger partial charge < -0.3 is 5.11 Å². The van der Waals surface area contributed by atoms with Crippen LogP contribution in [0.3, 0.4) is 0 Å². The van der Waals surface area contributed by atoms with Crippen molar-refractivity contribution < 1.29 is 14.7 Å². The molecule has 1 saturated heterocycles. The van der Waals surface area contributed by atoms with Crippen LogP contribution in [0.2, 0.25) is 5.15 Å². The molecule has 0 spiro atoms. The molecule has 0 atom stereocenters. The molecule has 1 amide bonds. The van der Waals surface area contributed by atoms with Crippen molar-refractivity contribution in [1.29, 1.82) is 0 Å². The summed E-state index contributed by atoms with van der Waals surface area (Å²) < 4.78 is 1.72. The van der Waals surface area contributed by atoms with E-state index < -0.39 is 11.7 Å². The molecule has 10 heteroatoms. The number of nitrogens with one attached hydrogen (secondary N) is 1. The fraction of sp³-hybridized carbons (Fsp3) is 0.176. The molecule has 2 heterocycles. The second-order valence-electron chi connectivity index (χ2n) is 5.63. The first-order chi connectivity index (χ1) is 12.9. The van der Waals surface area contributed by atoms with Gasteiger partial charge in [-0.05, 0) is 24.6 Å². The third kappa shape index (κ3) is 4.15. The molecule has 1 aliphatic rings. The average Bonchev–Trinajstić information content (AvgIpc) is 3.05. The van der Waals surface area contributed by atoms with Gasteiger partial charge in [0.25, 0.3) is 5.91 Å². The topological polar surface area (TPSA) is 95.4 Å². The molecule has 1 aromatic carbocycles. The summed E-state index contributed by atoms with van der Waals surface area (Å²) >= 11 is 12.5. The fourth-order valence-corrected chi connectivity index (χ4v) is 4.09. The number of halogens is 1. The number of benzene rings is 1. The highest BCUT2D eigenvalue weighted by molar-refractivity contribution is 8.26. The lowest BCUT2D eigenvalue weighted by atomic mass is 10.3. The van der Waals surface area contributed by atoms with Crippen LogP contribution in [-0.4, -0.2) is 42.3 Å². The number of carboxylic acid groups (broad SMARTS) is 1. The number of thioether (sulfide) groups is 1. The van der Waals surface area contributed by atoms with E-state index in [1.54, 1.807) is 24.3 Å². The lowest BCUT2D eigenvalue weighted by molar-refractivity contribution is -0.137. The maximum atomic E-state index is 12.6. The number of imidazole rings is 1. The summed E-state index contributed by atoms with van der Waals surface area (Å²) in [5, 5.41) is 8.85. The predicted molar refractivity (Wildman–Crippen MR) is 108 cm³/mol. The molecule has 0 aliphatic carbocycles. The number of amides is 1. The van der Waals surface area contributed by atoms with Crippen LogP contribution in [0.4, 0.5) is 0 Å². The number of rotatable bonds is 6. The van der Waals surface area contributed by atoms with Gasteiger partial charge in [-0.15, -0.1) is 0 Å². The predicted octanol–water partition coefficient (Wildman–Crippen LogP) is 2.89. The van der Waals surface area contributed by atoms with Crippen molar-refractivity contribution in [2.24, 2.45) is 0 Å². The Morgan fingerprint density at radius 1 is 1.30 bits per heavy atom. The number of para-hydroxylation sites is 1. The summed E-state index contributed by atoms with van der Waals surface area (Å²) in [7, 11) is 0. The normalized spacial score (nSPS) is 15.7. The molecular weight excluding hydrogens is 410 g/mol. The standard InChI is InChI=1S/C17H14ClN3O4S2/c18-14-11(21(16(25)19-14)10-5-2-1-3-6-10)9-12-15(24)20(17(26)27-12)8-4-7-13(22)23/h1-3,5-6,9H,4,7-8H2,(H,19,25)(H,22,23). The molecule has 0 bridgehead atoms. The molecule has 0 unspecified atom stereocenters. The minimum Gasteiger partial charge on any atom is -0.481 e. The Kier molecular flexibility index (Phi) is 5.83. The van der Waals surface area contributed by atoms with E-state index in [0.29, 0.717) is 27.0 Å². The first kappa shape index (κ1) is 19.4. The fourth-order valence-electron chi connectivity index (χ4n) is 2.59.